The molecule has 3 atom stereocenters. The minimum atomic E-state index is 0.402. The van der Waals surface area contributed by atoms with Crippen molar-refractivity contribution in [3.63, 3.8) is 0 Å². The molecule has 2 rings (SSSR count). The summed E-state index contributed by atoms with van der Waals surface area (Å²) in [6.07, 6.45) is 5.45. The van der Waals surface area contributed by atoms with E-state index in [0.717, 1.165) is 5.92 Å². The lowest BCUT2D eigenvalue weighted by molar-refractivity contribution is 0.336. The van der Waals surface area contributed by atoms with E-state index in [1.165, 1.54) is 36.9 Å². The SMILES string of the molecule is CNC(C)c1ccccc1N(C)C1CCCC(C)C1. The van der Waals surface area contributed by atoms with Gasteiger partial charge in [0.25, 0.3) is 0 Å². The van der Waals surface area contributed by atoms with E-state index in [4.69, 9.17) is 0 Å². The zero-order valence-electron chi connectivity index (χ0n) is 12.8. The Balaban J connectivity index is 2.20. The van der Waals surface area contributed by atoms with E-state index in [-0.39, 0.29) is 0 Å². The Morgan fingerprint density at radius 2 is 2.00 bits per heavy atom. The van der Waals surface area contributed by atoms with Crippen molar-refractivity contribution < 1.29 is 0 Å². The Morgan fingerprint density at radius 1 is 1.26 bits per heavy atom. The molecule has 0 amide bonds. The summed E-state index contributed by atoms with van der Waals surface area (Å²) in [6.45, 7) is 4.62. The Kier molecular flexibility index (Phi) is 4.87. The third-order valence-corrected chi connectivity index (χ3v) is 4.67. The van der Waals surface area contributed by atoms with Gasteiger partial charge in [-0.3, -0.25) is 0 Å². The Hall–Kier alpha value is -1.02. The molecule has 3 unspecified atom stereocenters. The fraction of sp³-hybridized carbons (Fsp3) is 0.647. The first-order chi connectivity index (χ1) is 9.13. The fourth-order valence-electron chi connectivity index (χ4n) is 3.28. The summed E-state index contributed by atoms with van der Waals surface area (Å²) in [5.74, 6) is 0.870. The quantitative estimate of drug-likeness (QED) is 0.881. The van der Waals surface area contributed by atoms with Crippen LogP contribution in [0, 0.1) is 5.92 Å². The van der Waals surface area contributed by atoms with Crippen molar-refractivity contribution in [3.05, 3.63) is 29.8 Å². The van der Waals surface area contributed by atoms with Crippen LogP contribution in [0.3, 0.4) is 0 Å². The van der Waals surface area contributed by atoms with Gasteiger partial charge in [-0.1, -0.05) is 38.0 Å². The number of hydrogen-bond donors (Lipinski definition) is 1. The van der Waals surface area contributed by atoms with Crippen LogP contribution >= 0.6 is 0 Å². The number of hydrogen-bond acceptors (Lipinski definition) is 2. The highest BCUT2D eigenvalue weighted by atomic mass is 15.1. The van der Waals surface area contributed by atoms with Crippen molar-refractivity contribution in [2.24, 2.45) is 5.92 Å². The zero-order chi connectivity index (χ0) is 13.8. The zero-order valence-corrected chi connectivity index (χ0v) is 12.8. The highest BCUT2D eigenvalue weighted by Gasteiger charge is 2.24. The minimum Gasteiger partial charge on any atom is -0.371 e. The van der Waals surface area contributed by atoms with Gasteiger partial charge in [0.15, 0.2) is 0 Å². The molecule has 1 fully saturated rings. The molecule has 0 saturated heterocycles. The van der Waals surface area contributed by atoms with Crippen molar-refractivity contribution in [1.82, 2.24) is 5.32 Å². The molecular formula is C17H28N2. The first-order valence-electron chi connectivity index (χ1n) is 7.62. The Morgan fingerprint density at radius 3 is 2.68 bits per heavy atom. The molecule has 1 aliphatic carbocycles. The van der Waals surface area contributed by atoms with Crippen molar-refractivity contribution >= 4 is 5.69 Å². The number of anilines is 1. The second kappa shape index (κ2) is 6.42. The highest BCUT2D eigenvalue weighted by Crippen LogP contribution is 2.32. The third-order valence-electron chi connectivity index (χ3n) is 4.67. The van der Waals surface area contributed by atoms with Gasteiger partial charge in [0.1, 0.15) is 0 Å². The van der Waals surface area contributed by atoms with Crippen LogP contribution in [0.2, 0.25) is 0 Å². The monoisotopic (exact) mass is 260 g/mol. The topological polar surface area (TPSA) is 15.3 Å². The second-order valence-electron chi connectivity index (χ2n) is 6.11. The molecule has 0 aromatic heterocycles. The van der Waals surface area contributed by atoms with E-state index in [2.05, 4.69) is 55.4 Å². The van der Waals surface area contributed by atoms with E-state index in [1.54, 1.807) is 0 Å². The maximum Gasteiger partial charge on any atom is 0.0414 e. The maximum absolute atomic E-state index is 3.36. The van der Waals surface area contributed by atoms with Crippen LogP contribution in [0.15, 0.2) is 24.3 Å². The minimum absolute atomic E-state index is 0.402. The van der Waals surface area contributed by atoms with Crippen LogP contribution in [0.25, 0.3) is 0 Å². The van der Waals surface area contributed by atoms with Crippen molar-refractivity contribution in [1.29, 1.82) is 0 Å². The first-order valence-corrected chi connectivity index (χ1v) is 7.62. The number of para-hydroxylation sites is 1. The summed E-state index contributed by atoms with van der Waals surface area (Å²) >= 11 is 0. The summed E-state index contributed by atoms with van der Waals surface area (Å²) < 4.78 is 0. The molecular weight excluding hydrogens is 232 g/mol. The van der Waals surface area contributed by atoms with Crippen LogP contribution in [-0.4, -0.2) is 20.1 Å². The predicted molar refractivity (Wildman–Crippen MR) is 83.7 cm³/mol. The predicted octanol–water partition coefficient (Wildman–Crippen LogP) is 3.98. The molecule has 0 spiro atoms. The maximum atomic E-state index is 3.36. The number of nitrogens with one attached hydrogen (secondary N) is 1. The molecule has 106 valence electrons. The lowest BCUT2D eigenvalue weighted by atomic mass is 9.86. The first kappa shape index (κ1) is 14.4. The van der Waals surface area contributed by atoms with Gasteiger partial charge < -0.3 is 10.2 Å². The van der Waals surface area contributed by atoms with Gasteiger partial charge in [0.05, 0.1) is 0 Å². The van der Waals surface area contributed by atoms with Gasteiger partial charge in [-0.15, -0.1) is 0 Å². The molecule has 1 N–H and O–H groups in total. The molecule has 1 aromatic carbocycles. The van der Waals surface area contributed by atoms with Gasteiger partial charge in [0, 0.05) is 24.8 Å². The number of benzene rings is 1. The van der Waals surface area contributed by atoms with Crippen LogP contribution in [-0.2, 0) is 0 Å². The van der Waals surface area contributed by atoms with E-state index in [0.29, 0.717) is 12.1 Å². The lowest BCUT2D eigenvalue weighted by Crippen LogP contribution is -2.36. The molecule has 1 saturated carbocycles. The van der Waals surface area contributed by atoms with Crippen LogP contribution in [0.5, 0.6) is 0 Å². The molecule has 0 heterocycles. The van der Waals surface area contributed by atoms with Crippen molar-refractivity contribution in [3.8, 4) is 0 Å². The average Bonchev–Trinajstić information content (AvgIpc) is 2.45. The molecule has 1 aliphatic rings. The fourth-order valence-corrected chi connectivity index (χ4v) is 3.28. The standard InChI is InChI=1S/C17H28N2/c1-13-8-7-9-15(12-13)19(4)17-11-6-5-10-16(17)14(2)18-3/h5-6,10-11,13-15,18H,7-9,12H2,1-4H3. The molecule has 0 aliphatic heterocycles. The smallest absolute Gasteiger partial charge is 0.0414 e. The number of nitrogens with zero attached hydrogens (tertiary/aromatic N) is 1. The van der Waals surface area contributed by atoms with E-state index in [9.17, 15) is 0 Å². The van der Waals surface area contributed by atoms with Gasteiger partial charge in [-0.05, 0) is 44.4 Å². The van der Waals surface area contributed by atoms with Crippen LogP contribution in [0.1, 0.15) is 51.1 Å². The molecule has 2 nitrogen and oxygen atoms in total. The summed E-state index contributed by atoms with van der Waals surface area (Å²) in [5, 5.41) is 3.36. The van der Waals surface area contributed by atoms with Crippen LogP contribution in [0.4, 0.5) is 5.69 Å². The van der Waals surface area contributed by atoms with Crippen molar-refractivity contribution in [2.75, 3.05) is 19.0 Å². The molecule has 0 bridgehead atoms. The molecule has 19 heavy (non-hydrogen) atoms. The third kappa shape index (κ3) is 3.30. The largest absolute Gasteiger partial charge is 0.371 e. The van der Waals surface area contributed by atoms with Gasteiger partial charge in [-0.25, -0.2) is 0 Å². The number of rotatable bonds is 4. The summed E-state index contributed by atoms with van der Waals surface area (Å²) in [7, 11) is 4.30. The van der Waals surface area contributed by atoms with Crippen LogP contribution < -0.4 is 10.2 Å². The molecule has 0 radical (unpaired) electrons. The van der Waals surface area contributed by atoms with Gasteiger partial charge >= 0.3 is 0 Å². The Labute approximate surface area is 118 Å². The molecule has 2 heteroatoms. The van der Waals surface area contributed by atoms with Gasteiger partial charge in [-0.2, -0.15) is 0 Å². The highest BCUT2D eigenvalue weighted by molar-refractivity contribution is 5.55. The lowest BCUT2D eigenvalue weighted by Gasteiger charge is -2.37. The summed E-state index contributed by atoms with van der Waals surface area (Å²) in [6, 6.07) is 9.92. The normalized spacial score (nSPS) is 25.1. The average molecular weight is 260 g/mol. The van der Waals surface area contributed by atoms with E-state index < -0.39 is 0 Å². The van der Waals surface area contributed by atoms with Gasteiger partial charge in [0.2, 0.25) is 0 Å². The van der Waals surface area contributed by atoms with E-state index >= 15 is 0 Å². The summed E-state index contributed by atoms with van der Waals surface area (Å²) in [4.78, 5) is 2.51. The second-order valence-corrected chi connectivity index (χ2v) is 6.11. The summed E-state index contributed by atoms with van der Waals surface area (Å²) in [5.41, 5.74) is 2.80. The van der Waals surface area contributed by atoms with Crippen molar-refractivity contribution in [2.45, 2.75) is 51.6 Å². The molecule has 1 aromatic rings. The Bertz CT molecular complexity index is 402. The van der Waals surface area contributed by atoms with E-state index in [1.807, 2.05) is 7.05 Å².